The van der Waals surface area contributed by atoms with E-state index in [4.69, 9.17) is 5.26 Å². The van der Waals surface area contributed by atoms with Gasteiger partial charge in [0, 0.05) is 13.1 Å². The van der Waals surface area contributed by atoms with Crippen LogP contribution in [0.15, 0.2) is 0 Å². The third-order valence-electron chi connectivity index (χ3n) is 2.89. The molecule has 1 saturated heterocycles. The summed E-state index contributed by atoms with van der Waals surface area (Å²) < 4.78 is 0. The van der Waals surface area contributed by atoms with Crippen molar-refractivity contribution >= 4 is 11.9 Å². The molecule has 1 aliphatic heterocycles. The molecule has 0 aromatic carbocycles. The van der Waals surface area contributed by atoms with E-state index in [1.165, 1.54) is 0 Å². The smallest absolute Gasteiger partial charge is 0.321 e. The molecule has 0 spiro atoms. The van der Waals surface area contributed by atoms with E-state index >= 15 is 0 Å². The van der Waals surface area contributed by atoms with E-state index in [2.05, 4.69) is 16.7 Å². The summed E-state index contributed by atoms with van der Waals surface area (Å²) in [5.74, 6) is -0.363. The number of hydrogen-bond acceptors (Lipinski definition) is 4. The van der Waals surface area contributed by atoms with Crippen molar-refractivity contribution in [2.24, 2.45) is 0 Å². The summed E-state index contributed by atoms with van der Waals surface area (Å²) in [4.78, 5) is 24.8. The van der Waals surface area contributed by atoms with E-state index in [-0.39, 0.29) is 11.9 Å². The van der Waals surface area contributed by atoms with Crippen LogP contribution in [0.5, 0.6) is 0 Å². The molecule has 94 valence electrons. The summed E-state index contributed by atoms with van der Waals surface area (Å²) in [6, 6.07) is 1.01. The molecule has 0 aromatic rings. The van der Waals surface area contributed by atoms with Gasteiger partial charge in [0.1, 0.15) is 0 Å². The highest BCUT2D eigenvalue weighted by Gasteiger charge is 2.32. The molecule has 3 amide bonds. The number of nitrogens with zero attached hydrogens (tertiary/aromatic N) is 2. The maximum atomic E-state index is 11.8. The molecule has 2 unspecified atom stereocenters. The van der Waals surface area contributed by atoms with Crippen LogP contribution in [-0.2, 0) is 4.79 Å². The van der Waals surface area contributed by atoms with Gasteiger partial charge in [-0.05, 0) is 26.7 Å². The number of carbonyl (C=O) groups is 2. The van der Waals surface area contributed by atoms with Crippen molar-refractivity contribution in [3.63, 3.8) is 0 Å². The van der Waals surface area contributed by atoms with E-state index in [0.29, 0.717) is 6.54 Å². The topological polar surface area (TPSA) is 85.2 Å². The summed E-state index contributed by atoms with van der Waals surface area (Å²) in [6.45, 7) is 4.68. The maximum Gasteiger partial charge on any atom is 0.321 e. The third kappa shape index (κ3) is 3.43. The van der Waals surface area contributed by atoms with E-state index in [0.717, 1.165) is 19.4 Å². The van der Waals surface area contributed by atoms with Crippen LogP contribution >= 0.6 is 0 Å². The van der Waals surface area contributed by atoms with Gasteiger partial charge in [0.15, 0.2) is 0 Å². The zero-order chi connectivity index (χ0) is 12.8. The zero-order valence-electron chi connectivity index (χ0n) is 10.2. The van der Waals surface area contributed by atoms with Crippen molar-refractivity contribution in [3.8, 4) is 6.07 Å². The normalized spacial score (nSPS) is 21.6. The van der Waals surface area contributed by atoms with Crippen molar-refractivity contribution in [2.75, 3.05) is 13.1 Å². The molecule has 0 saturated carbocycles. The molecule has 0 aliphatic carbocycles. The lowest BCUT2D eigenvalue weighted by atomic mass is 10.2. The standard InChI is InChI=1S/C11H18N4O2/c1-3-13-11(17)14-10(16)8(2)15-6-4-5-9(15)7-12/h8-9H,3-6H2,1-2H3,(H2,13,14,16,17). The van der Waals surface area contributed by atoms with E-state index in [1.807, 2.05) is 4.90 Å². The van der Waals surface area contributed by atoms with E-state index in [9.17, 15) is 9.59 Å². The van der Waals surface area contributed by atoms with Crippen LogP contribution in [0.4, 0.5) is 4.79 Å². The number of rotatable bonds is 3. The van der Waals surface area contributed by atoms with Crippen molar-refractivity contribution < 1.29 is 9.59 Å². The Balaban J connectivity index is 2.52. The van der Waals surface area contributed by atoms with E-state index in [1.54, 1.807) is 13.8 Å². The molecule has 1 aliphatic rings. The minimum absolute atomic E-state index is 0.218. The van der Waals surface area contributed by atoms with Gasteiger partial charge in [-0.15, -0.1) is 0 Å². The highest BCUT2D eigenvalue weighted by Crippen LogP contribution is 2.19. The number of likely N-dealkylation sites (tertiary alicyclic amines) is 1. The average molecular weight is 238 g/mol. The minimum Gasteiger partial charge on any atom is -0.338 e. The van der Waals surface area contributed by atoms with Crippen LogP contribution in [0, 0.1) is 11.3 Å². The zero-order valence-corrected chi connectivity index (χ0v) is 10.2. The van der Waals surface area contributed by atoms with Gasteiger partial charge in [-0.3, -0.25) is 15.0 Å². The summed E-state index contributed by atoms with van der Waals surface area (Å²) in [6.07, 6.45) is 1.70. The number of carbonyl (C=O) groups excluding carboxylic acids is 2. The largest absolute Gasteiger partial charge is 0.338 e. The highest BCUT2D eigenvalue weighted by molar-refractivity contribution is 5.96. The first-order chi connectivity index (χ1) is 8.10. The fourth-order valence-electron chi connectivity index (χ4n) is 1.96. The molecule has 1 rings (SSSR count). The van der Waals surface area contributed by atoms with Gasteiger partial charge in [0.25, 0.3) is 0 Å². The van der Waals surface area contributed by atoms with Crippen LogP contribution < -0.4 is 10.6 Å². The lowest BCUT2D eigenvalue weighted by molar-refractivity contribution is -0.124. The second-order valence-electron chi connectivity index (χ2n) is 4.05. The molecule has 1 fully saturated rings. The Kier molecular flexibility index (Phi) is 4.91. The second kappa shape index (κ2) is 6.21. The SMILES string of the molecule is CCNC(=O)NC(=O)C(C)N1CCCC1C#N. The van der Waals surface area contributed by atoms with Crippen molar-refractivity contribution in [2.45, 2.75) is 38.8 Å². The van der Waals surface area contributed by atoms with Crippen LogP contribution in [0.2, 0.25) is 0 Å². The highest BCUT2D eigenvalue weighted by atomic mass is 16.2. The van der Waals surface area contributed by atoms with Crippen molar-refractivity contribution in [1.82, 2.24) is 15.5 Å². The number of nitrogens with one attached hydrogen (secondary N) is 2. The molecular formula is C11H18N4O2. The number of hydrogen-bond donors (Lipinski definition) is 2. The minimum atomic E-state index is -0.489. The Hall–Kier alpha value is -1.61. The maximum absolute atomic E-state index is 11.8. The van der Waals surface area contributed by atoms with Gasteiger partial charge in [0.05, 0.1) is 18.2 Å². The summed E-state index contributed by atoms with van der Waals surface area (Å²) >= 11 is 0. The number of nitriles is 1. The number of urea groups is 1. The average Bonchev–Trinajstić information content (AvgIpc) is 2.76. The first-order valence-electron chi connectivity index (χ1n) is 5.84. The van der Waals surface area contributed by atoms with Crippen LogP contribution in [0.3, 0.4) is 0 Å². The Morgan fingerprint density at radius 3 is 2.88 bits per heavy atom. The molecule has 2 atom stereocenters. The van der Waals surface area contributed by atoms with Gasteiger partial charge in [0.2, 0.25) is 5.91 Å². The van der Waals surface area contributed by atoms with Crippen molar-refractivity contribution in [3.05, 3.63) is 0 Å². The fraction of sp³-hybridized carbons (Fsp3) is 0.727. The lowest BCUT2D eigenvalue weighted by Gasteiger charge is -2.25. The molecular weight excluding hydrogens is 220 g/mol. The first kappa shape index (κ1) is 13.5. The van der Waals surface area contributed by atoms with Gasteiger partial charge in [-0.25, -0.2) is 4.79 Å². The Labute approximate surface area is 101 Å². The second-order valence-corrected chi connectivity index (χ2v) is 4.05. The molecule has 2 N–H and O–H groups in total. The van der Waals surface area contributed by atoms with E-state index < -0.39 is 12.1 Å². The Morgan fingerprint density at radius 1 is 1.59 bits per heavy atom. The predicted octanol–water partition coefficient (Wildman–Crippen LogP) is 0.209. The summed E-state index contributed by atoms with van der Waals surface area (Å²) in [5.41, 5.74) is 0. The number of imide groups is 1. The fourth-order valence-corrected chi connectivity index (χ4v) is 1.96. The Morgan fingerprint density at radius 2 is 2.29 bits per heavy atom. The van der Waals surface area contributed by atoms with Crippen LogP contribution in [-0.4, -0.2) is 42.0 Å². The van der Waals surface area contributed by atoms with Gasteiger partial charge in [-0.2, -0.15) is 5.26 Å². The van der Waals surface area contributed by atoms with Gasteiger partial charge in [-0.1, -0.05) is 0 Å². The van der Waals surface area contributed by atoms with Crippen molar-refractivity contribution in [1.29, 1.82) is 5.26 Å². The molecule has 0 radical (unpaired) electrons. The summed E-state index contributed by atoms with van der Waals surface area (Å²) in [7, 11) is 0. The van der Waals surface area contributed by atoms with Crippen LogP contribution in [0.1, 0.15) is 26.7 Å². The monoisotopic (exact) mass is 238 g/mol. The van der Waals surface area contributed by atoms with Crippen LogP contribution in [0.25, 0.3) is 0 Å². The third-order valence-corrected chi connectivity index (χ3v) is 2.89. The summed E-state index contributed by atoms with van der Waals surface area (Å²) in [5, 5.41) is 13.7. The quantitative estimate of drug-likeness (QED) is 0.736. The molecule has 6 nitrogen and oxygen atoms in total. The van der Waals surface area contributed by atoms with Gasteiger partial charge < -0.3 is 5.32 Å². The molecule has 0 aromatic heterocycles. The molecule has 1 heterocycles. The first-order valence-corrected chi connectivity index (χ1v) is 5.84. The number of amides is 3. The molecule has 6 heteroatoms. The van der Waals surface area contributed by atoms with Gasteiger partial charge >= 0.3 is 6.03 Å². The molecule has 17 heavy (non-hydrogen) atoms. The molecule has 0 bridgehead atoms. The Bertz CT molecular complexity index is 337. The predicted molar refractivity (Wildman–Crippen MR) is 62.0 cm³/mol. The lowest BCUT2D eigenvalue weighted by Crippen LogP contribution is -2.50.